The van der Waals surface area contributed by atoms with Crippen molar-refractivity contribution < 1.29 is 24.5 Å². The molecule has 6 nitrogen and oxygen atoms in total. The molecule has 3 N–H and O–H groups in total. The average Bonchev–Trinajstić information content (AvgIpc) is 2.50. The Hall–Kier alpha value is -1.63. The normalized spacial score (nSPS) is 13.6. The van der Waals surface area contributed by atoms with Gasteiger partial charge in [-0.2, -0.15) is 0 Å². The van der Waals surface area contributed by atoms with Crippen molar-refractivity contribution in [3.8, 4) is 5.75 Å². The molecule has 0 saturated heterocycles. The first-order valence-electron chi connectivity index (χ1n) is 6.77. The van der Waals surface area contributed by atoms with Gasteiger partial charge in [-0.25, -0.2) is 0 Å². The summed E-state index contributed by atoms with van der Waals surface area (Å²) < 4.78 is 9.82. The van der Waals surface area contributed by atoms with Crippen LogP contribution in [-0.4, -0.2) is 49.6 Å². The zero-order valence-electron chi connectivity index (χ0n) is 12.6. The molecule has 1 rings (SSSR count). The van der Waals surface area contributed by atoms with Crippen molar-refractivity contribution in [2.24, 2.45) is 0 Å². The minimum Gasteiger partial charge on any atom is -0.496 e. The van der Waals surface area contributed by atoms with E-state index in [1.165, 1.54) is 7.11 Å². The second kappa shape index (κ2) is 8.61. The molecule has 1 aromatic rings. The quantitative estimate of drug-likeness (QED) is 0.607. The summed E-state index contributed by atoms with van der Waals surface area (Å²) in [5.41, 5.74) is 1.57. The Bertz CT molecular complexity index is 463. The minimum absolute atomic E-state index is 0.0166. The third-order valence-corrected chi connectivity index (χ3v) is 3.27. The lowest BCUT2D eigenvalue weighted by molar-refractivity contribution is -0.142. The average molecular weight is 297 g/mol. The van der Waals surface area contributed by atoms with Gasteiger partial charge in [0, 0.05) is 12.6 Å². The van der Waals surface area contributed by atoms with Gasteiger partial charge in [-0.15, -0.1) is 0 Å². The van der Waals surface area contributed by atoms with Gasteiger partial charge in [-0.05, 0) is 30.2 Å². The summed E-state index contributed by atoms with van der Waals surface area (Å²) in [6.07, 6.45) is -0.872. The molecule has 0 aliphatic heterocycles. The number of methoxy groups -OCH3 is 2. The van der Waals surface area contributed by atoms with Crippen molar-refractivity contribution >= 4 is 5.97 Å². The smallest absolute Gasteiger partial charge is 0.307 e. The fourth-order valence-corrected chi connectivity index (χ4v) is 2.13. The number of hydrogen-bond acceptors (Lipinski definition) is 6. The van der Waals surface area contributed by atoms with E-state index >= 15 is 0 Å². The van der Waals surface area contributed by atoms with Crippen LogP contribution in [-0.2, 0) is 9.53 Å². The van der Waals surface area contributed by atoms with E-state index in [1.54, 1.807) is 19.2 Å². The largest absolute Gasteiger partial charge is 0.496 e. The maximum Gasteiger partial charge on any atom is 0.307 e. The number of nitrogens with one attached hydrogen (secondary N) is 1. The van der Waals surface area contributed by atoms with Gasteiger partial charge in [-0.3, -0.25) is 4.79 Å². The number of carbonyl (C=O) groups is 1. The number of esters is 1. The Morgan fingerprint density at radius 1 is 1.38 bits per heavy atom. The molecular weight excluding hydrogens is 274 g/mol. The van der Waals surface area contributed by atoms with Gasteiger partial charge < -0.3 is 25.0 Å². The number of aryl methyl sites for hydroxylation is 1. The molecule has 0 spiro atoms. The van der Waals surface area contributed by atoms with Crippen molar-refractivity contribution in [1.29, 1.82) is 0 Å². The summed E-state index contributed by atoms with van der Waals surface area (Å²) in [7, 11) is 2.89. The predicted octanol–water partition coefficient (Wildman–Crippen LogP) is 0.551. The second-order valence-electron chi connectivity index (χ2n) is 4.74. The zero-order valence-corrected chi connectivity index (χ0v) is 12.6. The summed E-state index contributed by atoms with van der Waals surface area (Å²) in [6.45, 7) is 2.09. The summed E-state index contributed by atoms with van der Waals surface area (Å²) in [4.78, 5) is 11.4. The van der Waals surface area contributed by atoms with E-state index in [1.807, 2.05) is 13.0 Å². The molecule has 118 valence electrons. The van der Waals surface area contributed by atoms with Gasteiger partial charge in [0.15, 0.2) is 0 Å². The Balaban J connectivity index is 2.89. The summed E-state index contributed by atoms with van der Waals surface area (Å²) >= 11 is 0. The van der Waals surface area contributed by atoms with Gasteiger partial charge in [0.05, 0.1) is 33.4 Å². The second-order valence-corrected chi connectivity index (χ2v) is 4.74. The highest BCUT2D eigenvalue weighted by Gasteiger charge is 2.24. The molecule has 0 bridgehead atoms. The van der Waals surface area contributed by atoms with Crippen LogP contribution in [0.3, 0.4) is 0 Å². The standard InChI is InChI=1S/C15H23NO5/c1-10-8-11(4-5-13(10)20-2)15(19)12(16-6-7-17)9-14(18)21-3/h4-5,8,12,15-17,19H,6-7,9H2,1-3H3. The van der Waals surface area contributed by atoms with Crippen molar-refractivity contribution in [1.82, 2.24) is 5.32 Å². The van der Waals surface area contributed by atoms with Crippen LogP contribution in [0.5, 0.6) is 5.75 Å². The maximum atomic E-state index is 11.4. The molecule has 0 amide bonds. The third-order valence-electron chi connectivity index (χ3n) is 3.27. The number of aliphatic hydroxyl groups is 2. The van der Waals surface area contributed by atoms with Crippen molar-refractivity contribution in [2.75, 3.05) is 27.4 Å². The number of hydrogen-bond donors (Lipinski definition) is 3. The van der Waals surface area contributed by atoms with E-state index in [0.717, 1.165) is 11.3 Å². The molecule has 21 heavy (non-hydrogen) atoms. The molecule has 0 fully saturated rings. The molecule has 0 aromatic heterocycles. The van der Waals surface area contributed by atoms with Crippen molar-refractivity contribution in [3.63, 3.8) is 0 Å². The molecular formula is C15H23NO5. The summed E-state index contributed by atoms with van der Waals surface area (Å²) in [5, 5.41) is 22.3. The molecule has 1 aromatic carbocycles. The topological polar surface area (TPSA) is 88.0 Å². The van der Waals surface area contributed by atoms with Gasteiger partial charge in [-0.1, -0.05) is 6.07 Å². The lowest BCUT2D eigenvalue weighted by Crippen LogP contribution is -2.38. The van der Waals surface area contributed by atoms with Crippen molar-refractivity contribution in [2.45, 2.75) is 25.5 Å². The highest BCUT2D eigenvalue weighted by atomic mass is 16.5. The van der Waals surface area contributed by atoms with Crippen LogP contribution in [0.2, 0.25) is 0 Å². The highest BCUT2D eigenvalue weighted by Crippen LogP contribution is 2.25. The van der Waals surface area contributed by atoms with Crippen LogP contribution in [0.25, 0.3) is 0 Å². The first-order valence-corrected chi connectivity index (χ1v) is 6.77. The van der Waals surface area contributed by atoms with Crippen LogP contribution in [0.15, 0.2) is 18.2 Å². The fraction of sp³-hybridized carbons (Fsp3) is 0.533. The van der Waals surface area contributed by atoms with Crippen LogP contribution in [0, 0.1) is 6.92 Å². The molecule has 0 heterocycles. The Labute approximate surface area is 124 Å². The van der Waals surface area contributed by atoms with E-state index in [0.29, 0.717) is 5.56 Å². The Kier molecular flexibility index (Phi) is 7.14. The van der Waals surface area contributed by atoms with E-state index in [-0.39, 0.29) is 19.6 Å². The van der Waals surface area contributed by atoms with Crippen LogP contribution < -0.4 is 10.1 Å². The van der Waals surface area contributed by atoms with Crippen LogP contribution in [0.1, 0.15) is 23.7 Å². The number of aliphatic hydroxyl groups excluding tert-OH is 2. The zero-order chi connectivity index (χ0) is 15.8. The van der Waals surface area contributed by atoms with Crippen LogP contribution >= 0.6 is 0 Å². The van der Waals surface area contributed by atoms with E-state index in [4.69, 9.17) is 9.84 Å². The Morgan fingerprint density at radius 3 is 2.62 bits per heavy atom. The predicted molar refractivity (Wildman–Crippen MR) is 78.2 cm³/mol. The molecule has 2 unspecified atom stereocenters. The van der Waals surface area contributed by atoms with E-state index < -0.39 is 18.1 Å². The fourth-order valence-electron chi connectivity index (χ4n) is 2.13. The first-order chi connectivity index (χ1) is 10.0. The molecule has 0 aliphatic carbocycles. The van der Waals surface area contributed by atoms with E-state index in [9.17, 15) is 9.90 Å². The number of ether oxygens (including phenoxy) is 2. The van der Waals surface area contributed by atoms with Gasteiger partial charge in [0.25, 0.3) is 0 Å². The summed E-state index contributed by atoms with van der Waals surface area (Å²) in [6, 6.07) is 4.81. The number of rotatable bonds is 8. The molecule has 6 heteroatoms. The van der Waals surface area contributed by atoms with Gasteiger partial charge >= 0.3 is 5.97 Å². The van der Waals surface area contributed by atoms with Crippen LogP contribution in [0.4, 0.5) is 0 Å². The SMILES string of the molecule is COC(=O)CC(NCCO)C(O)c1ccc(OC)c(C)c1. The van der Waals surface area contributed by atoms with Gasteiger partial charge in [0.1, 0.15) is 5.75 Å². The van der Waals surface area contributed by atoms with Crippen molar-refractivity contribution in [3.05, 3.63) is 29.3 Å². The summed E-state index contributed by atoms with van der Waals surface area (Å²) in [5.74, 6) is 0.313. The molecule has 0 radical (unpaired) electrons. The first kappa shape index (κ1) is 17.4. The third kappa shape index (κ3) is 5.00. The Morgan fingerprint density at radius 2 is 2.10 bits per heavy atom. The number of carbonyl (C=O) groups excluding carboxylic acids is 1. The molecule has 0 saturated carbocycles. The highest BCUT2D eigenvalue weighted by molar-refractivity contribution is 5.70. The minimum atomic E-state index is -0.889. The monoisotopic (exact) mass is 297 g/mol. The van der Waals surface area contributed by atoms with E-state index in [2.05, 4.69) is 10.1 Å². The lowest BCUT2D eigenvalue weighted by Gasteiger charge is -2.24. The molecule has 0 aliphatic rings. The molecule has 2 atom stereocenters. The number of benzene rings is 1. The van der Waals surface area contributed by atoms with Gasteiger partial charge in [0.2, 0.25) is 0 Å². The lowest BCUT2D eigenvalue weighted by atomic mass is 9.98. The maximum absolute atomic E-state index is 11.4.